The summed E-state index contributed by atoms with van der Waals surface area (Å²) in [5.74, 6) is -0.906. The number of carbonyl (C=O) groups excluding carboxylic acids is 1. The molecular weight excluding hydrogens is 268 g/mol. The van der Waals surface area contributed by atoms with Gasteiger partial charge in [-0.1, -0.05) is 12.1 Å². The molecule has 0 aliphatic heterocycles. The van der Waals surface area contributed by atoms with E-state index in [1.807, 2.05) is 36.9 Å². The summed E-state index contributed by atoms with van der Waals surface area (Å²) in [6, 6.07) is 6.31. The van der Waals surface area contributed by atoms with Crippen molar-refractivity contribution >= 4 is 17.6 Å². The number of anilines is 1. The van der Waals surface area contributed by atoms with Crippen molar-refractivity contribution in [2.75, 3.05) is 18.4 Å². The SMILES string of the molecule is Cc1ccc(C)c(NC(=O)CN(CCC(=O)O)C2CC2)c1. The Morgan fingerprint density at radius 1 is 1.33 bits per heavy atom. The minimum atomic E-state index is -0.824. The van der Waals surface area contributed by atoms with Crippen molar-refractivity contribution in [3.8, 4) is 0 Å². The van der Waals surface area contributed by atoms with Gasteiger partial charge < -0.3 is 10.4 Å². The third kappa shape index (κ3) is 4.86. The zero-order valence-corrected chi connectivity index (χ0v) is 12.6. The second-order valence-corrected chi connectivity index (χ2v) is 5.71. The van der Waals surface area contributed by atoms with Gasteiger partial charge in [0.1, 0.15) is 0 Å². The van der Waals surface area contributed by atoms with Crippen molar-refractivity contribution in [2.24, 2.45) is 0 Å². The molecule has 5 heteroatoms. The first kappa shape index (κ1) is 15.5. The molecule has 0 radical (unpaired) electrons. The number of nitrogens with one attached hydrogen (secondary N) is 1. The summed E-state index contributed by atoms with van der Waals surface area (Å²) in [6.07, 6.45) is 2.18. The summed E-state index contributed by atoms with van der Waals surface area (Å²) in [7, 11) is 0. The normalized spacial score (nSPS) is 14.2. The number of hydrogen-bond donors (Lipinski definition) is 2. The van der Waals surface area contributed by atoms with Gasteiger partial charge in [0.15, 0.2) is 0 Å². The topological polar surface area (TPSA) is 69.6 Å². The number of aryl methyl sites for hydroxylation is 2. The number of amides is 1. The van der Waals surface area contributed by atoms with Crippen LogP contribution in [0.5, 0.6) is 0 Å². The molecule has 5 nitrogen and oxygen atoms in total. The molecule has 0 spiro atoms. The van der Waals surface area contributed by atoms with E-state index in [0.29, 0.717) is 12.6 Å². The third-order valence-corrected chi connectivity index (χ3v) is 3.69. The Bertz CT molecular complexity index is 538. The first-order valence-corrected chi connectivity index (χ1v) is 7.28. The molecule has 1 aliphatic carbocycles. The number of carboxylic acids is 1. The zero-order valence-electron chi connectivity index (χ0n) is 12.6. The molecule has 1 saturated carbocycles. The molecule has 1 fully saturated rings. The molecular formula is C16H22N2O3. The standard InChI is InChI=1S/C16H22N2O3/c1-11-3-4-12(2)14(9-11)17-15(19)10-18(13-5-6-13)8-7-16(20)21/h3-4,9,13H,5-8,10H2,1-2H3,(H,17,19)(H,20,21). The highest BCUT2D eigenvalue weighted by Crippen LogP contribution is 2.27. The average molecular weight is 290 g/mol. The molecule has 0 atom stereocenters. The van der Waals surface area contributed by atoms with Crippen molar-refractivity contribution in [3.05, 3.63) is 29.3 Å². The largest absolute Gasteiger partial charge is 0.481 e. The van der Waals surface area contributed by atoms with Crippen molar-refractivity contribution < 1.29 is 14.7 Å². The Kier molecular flexibility index (Phi) is 4.96. The lowest BCUT2D eigenvalue weighted by Crippen LogP contribution is -2.36. The van der Waals surface area contributed by atoms with Gasteiger partial charge in [0.05, 0.1) is 13.0 Å². The fourth-order valence-electron chi connectivity index (χ4n) is 2.31. The van der Waals surface area contributed by atoms with Crippen LogP contribution in [0.15, 0.2) is 18.2 Å². The summed E-state index contributed by atoms with van der Waals surface area (Å²) in [4.78, 5) is 24.8. The first-order chi connectivity index (χ1) is 9.95. The van der Waals surface area contributed by atoms with Gasteiger partial charge in [0.2, 0.25) is 5.91 Å². The van der Waals surface area contributed by atoms with Crippen LogP contribution in [0, 0.1) is 13.8 Å². The Morgan fingerprint density at radius 3 is 2.67 bits per heavy atom. The van der Waals surface area contributed by atoms with Gasteiger partial charge in [-0.25, -0.2) is 0 Å². The highest BCUT2D eigenvalue weighted by molar-refractivity contribution is 5.93. The van der Waals surface area contributed by atoms with Crippen LogP contribution in [-0.2, 0) is 9.59 Å². The van der Waals surface area contributed by atoms with E-state index < -0.39 is 5.97 Å². The monoisotopic (exact) mass is 290 g/mol. The van der Waals surface area contributed by atoms with Gasteiger partial charge in [-0.05, 0) is 43.9 Å². The quantitative estimate of drug-likeness (QED) is 0.807. The molecule has 1 aromatic rings. The summed E-state index contributed by atoms with van der Waals surface area (Å²) in [5.41, 5.74) is 2.95. The minimum absolute atomic E-state index is 0.0766. The van der Waals surface area contributed by atoms with Crippen LogP contribution in [0.4, 0.5) is 5.69 Å². The number of hydrogen-bond acceptors (Lipinski definition) is 3. The molecule has 2 N–H and O–H groups in total. The van der Waals surface area contributed by atoms with Crippen molar-refractivity contribution in [1.82, 2.24) is 4.90 Å². The van der Waals surface area contributed by atoms with Crippen LogP contribution in [0.25, 0.3) is 0 Å². The summed E-state index contributed by atoms with van der Waals surface area (Å²) in [6.45, 7) is 4.63. The third-order valence-electron chi connectivity index (χ3n) is 3.69. The van der Waals surface area contributed by atoms with Gasteiger partial charge >= 0.3 is 5.97 Å². The predicted molar refractivity (Wildman–Crippen MR) is 81.4 cm³/mol. The average Bonchev–Trinajstić information content (AvgIpc) is 3.23. The molecule has 1 aromatic carbocycles. The molecule has 21 heavy (non-hydrogen) atoms. The van der Waals surface area contributed by atoms with Crippen molar-refractivity contribution in [3.63, 3.8) is 0 Å². The predicted octanol–water partition coefficient (Wildman–Crippen LogP) is 2.18. The van der Waals surface area contributed by atoms with Crippen LogP contribution in [0.3, 0.4) is 0 Å². The van der Waals surface area contributed by atoms with Crippen LogP contribution in [-0.4, -0.2) is 41.0 Å². The molecule has 114 valence electrons. The van der Waals surface area contributed by atoms with E-state index in [0.717, 1.165) is 29.7 Å². The Hall–Kier alpha value is -1.88. The maximum absolute atomic E-state index is 12.2. The van der Waals surface area contributed by atoms with Crippen LogP contribution >= 0.6 is 0 Å². The molecule has 0 saturated heterocycles. The van der Waals surface area contributed by atoms with E-state index in [1.54, 1.807) is 0 Å². The van der Waals surface area contributed by atoms with E-state index in [4.69, 9.17) is 5.11 Å². The van der Waals surface area contributed by atoms with Crippen LogP contribution < -0.4 is 5.32 Å². The lowest BCUT2D eigenvalue weighted by molar-refractivity contribution is -0.137. The number of rotatable bonds is 7. The Labute approximate surface area is 125 Å². The van der Waals surface area contributed by atoms with Crippen LogP contribution in [0.1, 0.15) is 30.4 Å². The highest BCUT2D eigenvalue weighted by Gasteiger charge is 2.30. The van der Waals surface area contributed by atoms with E-state index >= 15 is 0 Å². The van der Waals surface area contributed by atoms with Crippen molar-refractivity contribution in [2.45, 2.75) is 39.2 Å². The van der Waals surface area contributed by atoms with Gasteiger partial charge in [0, 0.05) is 18.3 Å². The lowest BCUT2D eigenvalue weighted by atomic mass is 10.1. The molecule has 2 rings (SSSR count). The van der Waals surface area contributed by atoms with Gasteiger partial charge in [-0.15, -0.1) is 0 Å². The molecule has 0 bridgehead atoms. The molecule has 1 amide bonds. The smallest absolute Gasteiger partial charge is 0.304 e. The highest BCUT2D eigenvalue weighted by atomic mass is 16.4. The second-order valence-electron chi connectivity index (χ2n) is 5.71. The summed E-state index contributed by atoms with van der Waals surface area (Å²) in [5, 5.41) is 11.7. The summed E-state index contributed by atoms with van der Waals surface area (Å²) < 4.78 is 0. The fraction of sp³-hybridized carbons (Fsp3) is 0.500. The molecule has 0 aromatic heterocycles. The van der Waals surface area contributed by atoms with Gasteiger partial charge in [-0.3, -0.25) is 14.5 Å². The minimum Gasteiger partial charge on any atom is -0.481 e. The van der Waals surface area contributed by atoms with Crippen molar-refractivity contribution in [1.29, 1.82) is 0 Å². The van der Waals surface area contributed by atoms with E-state index in [1.165, 1.54) is 0 Å². The van der Waals surface area contributed by atoms with Gasteiger partial charge in [0.25, 0.3) is 0 Å². The van der Waals surface area contributed by atoms with Gasteiger partial charge in [-0.2, -0.15) is 0 Å². The van der Waals surface area contributed by atoms with E-state index in [9.17, 15) is 9.59 Å². The number of benzene rings is 1. The number of aliphatic carboxylic acids is 1. The van der Waals surface area contributed by atoms with E-state index in [-0.39, 0.29) is 18.9 Å². The first-order valence-electron chi connectivity index (χ1n) is 7.28. The van der Waals surface area contributed by atoms with E-state index in [2.05, 4.69) is 5.32 Å². The number of carboxylic acid groups (broad SMARTS) is 1. The lowest BCUT2D eigenvalue weighted by Gasteiger charge is -2.20. The molecule has 0 heterocycles. The zero-order chi connectivity index (χ0) is 15.4. The molecule has 1 aliphatic rings. The fourth-order valence-corrected chi connectivity index (χ4v) is 2.31. The number of carbonyl (C=O) groups is 2. The van der Waals surface area contributed by atoms with Crippen LogP contribution in [0.2, 0.25) is 0 Å². The Balaban J connectivity index is 1.92. The summed E-state index contributed by atoms with van der Waals surface area (Å²) >= 11 is 0. The second kappa shape index (κ2) is 6.72. The maximum Gasteiger partial charge on any atom is 0.304 e. The number of nitrogens with zero attached hydrogens (tertiary/aromatic N) is 1. The maximum atomic E-state index is 12.2. The Morgan fingerprint density at radius 2 is 2.05 bits per heavy atom. The molecule has 0 unspecified atom stereocenters.